The predicted molar refractivity (Wildman–Crippen MR) is 115 cm³/mol. The number of rotatable bonds is 2. The fourth-order valence-corrected chi connectivity index (χ4v) is 8.50. The van der Waals surface area contributed by atoms with Crippen molar-refractivity contribution in [1.29, 1.82) is 0 Å². The summed E-state index contributed by atoms with van der Waals surface area (Å²) < 4.78 is 0. The molecule has 6 aliphatic rings. The molecule has 156 valence electrons. The molecule has 1 amide bonds. The van der Waals surface area contributed by atoms with E-state index in [1.165, 1.54) is 31.2 Å². The van der Waals surface area contributed by atoms with E-state index >= 15 is 0 Å². The Morgan fingerprint density at radius 3 is 2.28 bits per heavy atom. The second-order valence-corrected chi connectivity index (χ2v) is 12.2. The molecule has 6 fully saturated rings. The van der Waals surface area contributed by atoms with Crippen LogP contribution >= 0.6 is 0 Å². The van der Waals surface area contributed by atoms with Crippen molar-refractivity contribution in [3.63, 3.8) is 0 Å². The molecule has 2 N–H and O–H groups in total. The molecule has 5 aliphatic carbocycles. The molecular weight excluding hydrogens is 356 g/mol. The van der Waals surface area contributed by atoms with Crippen molar-refractivity contribution in [2.75, 3.05) is 13.1 Å². The van der Waals surface area contributed by atoms with E-state index in [1.54, 1.807) is 0 Å². The number of carbonyl (C=O) groups excluding carboxylic acids is 1. The van der Waals surface area contributed by atoms with Crippen LogP contribution in [0.4, 0.5) is 0 Å². The normalized spacial score (nSPS) is 43.6. The van der Waals surface area contributed by atoms with Gasteiger partial charge in [-0.1, -0.05) is 44.2 Å². The van der Waals surface area contributed by atoms with E-state index in [-0.39, 0.29) is 22.3 Å². The number of piperidine rings is 1. The lowest BCUT2D eigenvalue weighted by atomic mass is 9.39. The van der Waals surface area contributed by atoms with Gasteiger partial charge in [0, 0.05) is 19.1 Å². The summed E-state index contributed by atoms with van der Waals surface area (Å²) in [5, 5.41) is 0. The summed E-state index contributed by atoms with van der Waals surface area (Å²) in [6, 6.07) is 11.4. The molecule has 3 atom stereocenters. The van der Waals surface area contributed by atoms with Crippen LogP contribution in [0.25, 0.3) is 0 Å². The molecule has 0 radical (unpaired) electrons. The summed E-state index contributed by atoms with van der Waals surface area (Å²) in [7, 11) is 0. The minimum atomic E-state index is -0.118. The second-order valence-electron chi connectivity index (χ2n) is 12.2. The van der Waals surface area contributed by atoms with E-state index in [0.717, 1.165) is 50.6 Å². The third kappa shape index (κ3) is 2.43. The lowest BCUT2D eigenvalue weighted by molar-refractivity contribution is -0.174. The van der Waals surface area contributed by atoms with Crippen molar-refractivity contribution in [3.05, 3.63) is 35.9 Å². The standard InChI is InChI=1S/C26H36N2O/c1-23(2)17-28(11-8-21(23)27)22(29)25-14-19-12-24(16-25,18-6-4-3-5-7-18)13-20(15-25)26(19)9-10-26/h3-7,19-21H,8-17,27H2,1-2H3/t19?,20?,21-,24?,25?/m0/s1. The summed E-state index contributed by atoms with van der Waals surface area (Å²) in [4.78, 5) is 16.4. The molecule has 2 unspecified atom stereocenters. The van der Waals surface area contributed by atoms with Crippen LogP contribution in [0.3, 0.4) is 0 Å². The lowest BCUT2D eigenvalue weighted by Gasteiger charge is -2.66. The Kier molecular flexibility index (Phi) is 3.60. The maximum Gasteiger partial charge on any atom is 0.228 e. The van der Waals surface area contributed by atoms with Crippen molar-refractivity contribution >= 4 is 5.91 Å². The summed E-state index contributed by atoms with van der Waals surface area (Å²) in [5.41, 5.74) is 8.63. The van der Waals surface area contributed by atoms with Gasteiger partial charge in [-0.3, -0.25) is 4.79 Å². The molecule has 7 rings (SSSR count). The van der Waals surface area contributed by atoms with Gasteiger partial charge in [0.15, 0.2) is 0 Å². The first kappa shape index (κ1) is 18.4. The summed E-state index contributed by atoms with van der Waals surface area (Å²) >= 11 is 0. The van der Waals surface area contributed by atoms with Crippen LogP contribution < -0.4 is 5.73 Å². The number of nitrogens with zero attached hydrogens (tertiary/aromatic N) is 1. The molecule has 29 heavy (non-hydrogen) atoms. The van der Waals surface area contributed by atoms with Crippen molar-refractivity contribution in [1.82, 2.24) is 4.90 Å². The van der Waals surface area contributed by atoms with Gasteiger partial charge >= 0.3 is 0 Å². The van der Waals surface area contributed by atoms with Crippen molar-refractivity contribution in [2.24, 2.45) is 33.8 Å². The average Bonchev–Trinajstić information content (AvgIpc) is 3.50. The number of likely N-dealkylation sites (tertiary alicyclic amines) is 1. The fraction of sp³-hybridized carbons (Fsp3) is 0.731. The maximum absolute atomic E-state index is 14.1. The number of benzene rings is 1. The SMILES string of the molecule is CC1(C)CN(C(=O)C23CC4CC(c5ccccc5)(CC(C2)C42CC2)C3)CC[C@@H]1N. The highest BCUT2D eigenvalue weighted by atomic mass is 16.2. The molecule has 0 aromatic heterocycles. The Bertz CT molecular complexity index is 822. The number of amides is 1. The van der Waals surface area contributed by atoms with Gasteiger partial charge in [0.1, 0.15) is 0 Å². The van der Waals surface area contributed by atoms with Crippen LogP contribution in [0.1, 0.15) is 70.8 Å². The Balaban J connectivity index is 1.37. The summed E-state index contributed by atoms with van der Waals surface area (Å²) in [5.74, 6) is 1.99. The van der Waals surface area contributed by atoms with Gasteiger partial charge in [-0.2, -0.15) is 0 Å². The molecule has 5 saturated carbocycles. The van der Waals surface area contributed by atoms with E-state index in [4.69, 9.17) is 5.73 Å². The first-order valence-corrected chi connectivity index (χ1v) is 11.9. The molecule has 4 bridgehead atoms. The molecular formula is C26H36N2O. The Labute approximate surface area is 175 Å². The largest absolute Gasteiger partial charge is 0.342 e. The maximum atomic E-state index is 14.1. The van der Waals surface area contributed by atoms with E-state index in [1.807, 2.05) is 0 Å². The number of nitrogens with two attached hydrogens (primary N) is 1. The first-order valence-electron chi connectivity index (χ1n) is 11.9. The zero-order chi connectivity index (χ0) is 20.1. The molecule has 1 aromatic rings. The Morgan fingerprint density at radius 1 is 1.03 bits per heavy atom. The van der Waals surface area contributed by atoms with Crippen LogP contribution in [-0.2, 0) is 10.2 Å². The van der Waals surface area contributed by atoms with E-state index < -0.39 is 0 Å². The highest BCUT2D eigenvalue weighted by molar-refractivity contribution is 5.84. The van der Waals surface area contributed by atoms with Crippen molar-refractivity contribution < 1.29 is 4.79 Å². The highest BCUT2D eigenvalue weighted by Crippen LogP contribution is 2.78. The van der Waals surface area contributed by atoms with Gasteiger partial charge in [-0.15, -0.1) is 0 Å². The Hall–Kier alpha value is -1.35. The van der Waals surface area contributed by atoms with Crippen LogP contribution in [0, 0.1) is 28.1 Å². The van der Waals surface area contributed by atoms with Gasteiger partial charge in [-0.05, 0) is 85.0 Å². The quantitative estimate of drug-likeness (QED) is 0.805. The topological polar surface area (TPSA) is 46.3 Å². The lowest BCUT2D eigenvalue weighted by Crippen LogP contribution is -2.64. The molecule has 3 heteroatoms. The smallest absolute Gasteiger partial charge is 0.228 e. The van der Waals surface area contributed by atoms with Gasteiger partial charge in [0.2, 0.25) is 5.91 Å². The summed E-state index contributed by atoms with van der Waals surface area (Å²) in [6.07, 6.45) is 9.80. The molecule has 1 spiro atoms. The number of hydrogen-bond donors (Lipinski definition) is 1. The third-order valence-electron chi connectivity index (χ3n) is 10.1. The van der Waals surface area contributed by atoms with Crippen LogP contribution in [0.2, 0.25) is 0 Å². The molecule has 1 saturated heterocycles. The van der Waals surface area contributed by atoms with E-state index in [9.17, 15) is 4.79 Å². The molecule has 1 aromatic carbocycles. The average molecular weight is 393 g/mol. The predicted octanol–water partition coefficient (Wildman–Crippen LogP) is 4.50. The second kappa shape index (κ2) is 5.66. The number of carbonyl (C=O) groups is 1. The minimum Gasteiger partial charge on any atom is -0.342 e. The molecule has 1 aliphatic heterocycles. The fourth-order valence-electron chi connectivity index (χ4n) is 8.50. The zero-order valence-corrected chi connectivity index (χ0v) is 18.1. The van der Waals surface area contributed by atoms with Crippen LogP contribution in [-0.4, -0.2) is 29.9 Å². The Morgan fingerprint density at radius 2 is 1.69 bits per heavy atom. The van der Waals surface area contributed by atoms with Gasteiger partial charge in [-0.25, -0.2) is 0 Å². The van der Waals surface area contributed by atoms with Gasteiger partial charge in [0.05, 0.1) is 5.41 Å². The van der Waals surface area contributed by atoms with E-state index in [2.05, 4.69) is 49.1 Å². The van der Waals surface area contributed by atoms with Gasteiger partial charge in [0.25, 0.3) is 0 Å². The van der Waals surface area contributed by atoms with Crippen molar-refractivity contribution in [2.45, 2.75) is 76.7 Å². The number of hydrogen-bond acceptors (Lipinski definition) is 2. The third-order valence-corrected chi connectivity index (χ3v) is 10.1. The first-order chi connectivity index (χ1) is 13.8. The summed E-state index contributed by atoms with van der Waals surface area (Å²) in [6.45, 7) is 6.15. The minimum absolute atomic E-state index is 0.0189. The monoisotopic (exact) mass is 392 g/mol. The van der Waals surface area contributed by atoms with Crippen molar-refractivity contribution in [3.8, 4) is 0 Å². The van der Waals surface area contributed by atoms with Crippen LogP contribution in [0.5, 0.6) is 0 Å². The van der Waals surface area contributed by atoms with Gasteiger partial charge < -0.3 is 10.6 Å². The zero-order valence-electron chi connectivity index (χ0n) is 18.1. The highest BCUT2D eigenvalue weighted by Gasteiger charge is 2.72. The van der Waals surface area contributed by atoms with E-state index in [0.29, 0.717) is 11.3 Å². The van der Waals surface area contributed by atoms with Crippen LogP contribution in [0.15, 0.2) is 30.3 Å². The molecule has 1 heterocycles. The molecule has 3 nitrogen and oxygen atoms in total.